The van der Waals surface area contributed by atoms with E-state index in [0.29, 0.717) is 19.4 Å². The first-order valence-corrected chi connectivity index (χ1v) is 9.01. The number of nitrogens with zero attached hydrogens (tertiary/aromatic N) is 1. The van der Waals surface area contributed by atoms with Crippen molar-refractivity contribution < 1.29 is 19.4 Å². The lowest BCUT2D eigenvalue weighted by Gasteiger charge is -2.30. The van der Waals surface area contributed by atoms with Crippen LogP contribution < -0.4 is 0 Å². The van der Waals surface area contributed by atoms with Gasteiger partial charge in [0, 0.05) is 30.1 Å². The Balaban J connectivity index is 2.18. The van der Waals surface area contributed by atoms with Crippen molar-refractivity contribution in [3.8, 4) is 0 Å². The molecule has 0 spiro atoms. The third-order valence-electron chi connectivity index (χ3n) is 4.36. The van der Waals surface area contributed by atoms with Crippen molar-refractivity contribution in [2.24, 2.45) is 5.92 Å². The molecule has 0 radical (unpaired) electrons. The van der Waals surface area contributed by atoms with Crippen molar-refractivity contribution in [1.29, 1.82) is 0 Å². The second kappa shape index (κ2) is 8.62. The average molecular weight is 398 g/mol. The number of carboxylic acids is 1. The van der Waals surface area contributed by atoms with Crippen molar-refractivity contribution in [2.45, 2.75) is 44.7 Å². The van der Waals surface area contributed by atoms with Gasteiger partial charge >= 0.3 is 5.97 Å². The van der Waals surface area contributed by atoms with E-state index in [1.165, 1.54) is 0 Å². The Kier molecular flexibility index (Phi) is 6.80. The van der Waals surface area contributed by atoms with Crippen LogP contribution in [-0.2, 0) is 20.7 Å². The fourth-order valence-electron chi connectivity index (χ4n) is 2.89. The van der Waals surface area contributed by atoms with Crippen LogP contribution >= 0.6 is 15.9 Å². The molecule has 1 aliphatic carbocycles. The van der Waals surface area contributed by atoms with E-state index in [2.05, 4.69) is 15.9 Å². The number of methoxy groups -OCH3 is 1. The minimum Gasteiger partial charge on any atom is -0.480 e. The predicted octanol–water partition coefficient (Wildman–Crippen LogP) is 3.11. The van der Waals surface area contributed by atoms with Crippen LogP contribution in [-0.4, -0.2) is 47.7 Å². The van der Waals surface area contributed by atoms with E-state index < -0.39 is 12.0 Å². The summed E-state index contributed by atoms with van der Waals surface area (Å²) in [7, 11) is 1.61. The van der Waals surface area contributed by atoms with E-state index in [4.69, 9.17) is 4.74 Å². The maximum Gasteiger partial charge on any atom is 0.326 e. The SMILES string of the molecule is COCCC(Cc1cccc(Br)c1)C(=O)N(C1CC1)C(C)C(=O)O. The number of hydrogen-bond donors (Lipinski definition) is 1. The molecule has 0 aromatic heterocycles. The van der Waals surface area contributed by atoms with E-state index in [1.54, 1.807) is 18.9 Å². The van der Waals surface area contributed by atoms with Gasteiger partial charge in [0.15, 0.2) is 0 Å². The standard InChI is InChI=1S/C18H24BrNO4/c1-12(18(22)23)20(16-6-7-16)17(21)14(8-9-24-2)10-13-4-3-5-15(19)11-13/h3-5,11-12,14,16H,6-10H2,1-2H3,(H,22,23). The number of ether oxygens (including phenoxy) is 1. The Morgan fingerprint density at radius 1 is 1.42 bits per heavy atom. The number of hydrogen-bond acceptors (Lipinski definition) is 3. The molecule has 1 aromatic rings. The molecular formula is C18H24BrNO4. The van der Waals surface area contributed by atoms with Gasteiger partial charge in [0.1, 0.15) is 6.04 Å². The van der Waals surface area contributed by atoms with Gasteiger partial charge in [0.2, 0.25) is 5.91 Å². The quantitative estimate of drug-likeness (QED) is 0.694. The smallest absolute Gasteiger partial charge is 0.326 e. The van der Waals surface area contributed by atoms with Crippen molar-refractivity contribution in [2.75, 3.05) is 13.7 Å². The first kappa shape index (κ1) is 18.9. The second-order valence-electron chi connectivity index (χ2n) is 6.30. The van der Waals surface area contributed by atoms with Crippen LogP contribution in [0.1, 0.15) is 31.7 Å². The molecule has 6 heteroatoms. The molecule has 2 atom stereocenters. The Bertz CT molecular complexity index is 588. The zero-order chi connectivity index (χ0) is 17.7. The van der Waals surface area contributed by atoms with Crippen LogP contribution in [0.3, 0.4) is 0 Å². The summed E-state index contributed by atoms with van der Waals surface area (Å²) in [4.78, 5) is 26.0. The maximum absolute atomic E-state index is 13.1. The summed E-state index contributed by atoms with van der Waals surface area (Å²) in [6.07, 6.45) is 2.93. The topological polar surface area (TPSA) is 66.8 Å². The van der Waals surface area contributed by atoms with Gasteiger partial charge in [-0.25, -0.2) is 4.79 Å². The third-order valence-corrected chi connectivity index (χ3v) is 4.85. The Morgan fingerprint density at radius 2 is 2.12 bits per heavy atom. The third kappa shape index (κ3) is 5.05. The average Bonchev–Trinajstić information content (AvgIpc) is 3.36. The lowest BCUT2D eigenvalue weighted by atomic mass is 9.94. The summed E-state index contributed by atoms with van der Waals surface area (Å²) >= 11 is 3.45. The van der Waals surface area contributed by atoms with Gasteiger partial charge in [-0.05, 0) is 50.3 Å². The fraction of sp³-hybridized carbons (Fsp3) is 0.556. The van der Waals surface area contributed by atoms with Crippen molar-refractivity contribution in [3.63, 3.8) is 0 Å². The number of carbonyl (C=O) groups is 2. The molecule has 1 fully saturated rings. The monoisotopic (exact) mass is 397 g/mol. The second-order valence-corrected chi connectivity index (χ2v) is 7.22. The van der Waals surface area contributed by atoms with E-state index in [0.717, 1.165) is 22.9 Å². The van der Waals surface area contributed by atoms with E-state index in [1.807, 2.05) is 24.3 Å². The highest BCUT2D eigenvalue weighted by molar-refractivity contribution is 9.10. The zero-order valence-corrected chi connectivity index (χ0v) is 15.7. The van der Waals surface area contributed by atoms with Gasteiger partial charge < -0.3 is 14.7 Å². The molecule has 2 unspecified atom stereocenters. The highest BCUT2D eigenvalue weighted by Gasteiger charge is 2.40. The molecule has 0 bridgehead atoms. The van der Waals surface area contributed by atoms with Crippen LogP contribution in [0.15, 0.2) is 28.7 Å². The van der Waals surface area contributed by atoms with Crippen LogP contribution in [0.5, 0.6) is 0 Å². The highest BCUT2D eigenvalue weighted by atomic mass is 79.9. The molecule has 1 aromatic carbocycles. The molecule has 2 rings (SSSR count). The van der Waals surface area contributed by atoms with E-state index in [9.17, 15) is 14.7 Å². The number of amides is 1. The molecule has 1 N–H and O–H groups in total. The number of halogens is 1. The molecule has 0 heterocycles. The minimum atomic E-state index is -0.955. The number of benzene rings is 1. The minimum absolute atomic E-state index is 0.0659. The largest absolute Gasteiger partial charge is 0.480 e. The van der Waals surface area contributed by atoms with Crippen LogP contribution in [0.2, 0.25) is 0 Å². The normalized spacial score (nSPS) is 16.5. The van der Waals surface area contributed by atoms with Crippen molar-refractivity contribution in [1.82, 2.24) is 4.90 Å². The molecule has 0 aliphatic heterocycles. The highest BCUT2D eigenvalue weighted by Crippen LogP contribution is 2.31. The summed E-state index contributed by atoms with van der Waals surface area (Å²) in [5.41, 5.74) is 1.05. The Hall–Kier alpha value is -1.40. The Labute approximate surface area is 151 Å². The van der Waals surface area contributed by atoms with Gasteiger partial charge in [-0.1, -0.05) is 28.1 Å². The van der Waals surface area contributed by atoms with Gasteiger partial charge in [-0.2, -0.15) is 0 Å². The molecule has 5 nitrogen and oxygen atoms in total. The summed E-state index contributed by atoms with van der Waals surface area (Å²) in [5.74, 6) is -1.31. The number of aliphatic carboxylic acids is 1. The summed E-state index contributed by atoms with van der Waals surface area (Å²) in [5, 5.41) is 9.34. The van der Waals surface area contributed by atoms with Crippen LogP contribution in [0.25, 0.3) is 0 Å². The van der Waals surface area contributed by atoms with E-state index in [-0.39, 0.29) is 17.9 Å². The molecular weight excluding hydrogens is 374 g/mol. The number of carbonyl (C=O) groups excluding carboxylic acids is 1. The summed E-state index contributed by atoms with van der Waals surface area (Å²) in [6, 6.07) is 7.14. The maximum atomic E-state index is 13.1. The summed E-state index contributed by atoms with van der Waals surface area (Å²) < 4.78 is 6.12. The summed E-state index contributed by atoms with van der Waals surface area (Å²) in [6.45, 7) is 2.06. The first-order chi connectivity index (χ1) is 11.4. The zero-order valence-electron chi connectivity index (χ0n) is 14.1. The van der Waals surface area contributed by atoms with Gasteiger partial charge in [0.25, 0.3) is 0 Å². The van der Waals surface area contributed by atoms with Crippen LogP contribution in [0, 0.1) is 5.92 Å². The molecule has 1 saturated carbocycles. The molecule has 0 saturated heterocycles. The molecule has 1 amide bonds. The fourth-order valence-corrected chi connectivity index (χ4v) is 3.34. The van der Waals surface area contributed by atoms with Crippen LogP contribution in [0.4, 0.5) is 0 Å². The van der Waals surface area contributed by atoms with Gasteiger partial charge in [-0.3, -0.25) is 4.79 Å². The lowest BCUT2D eigenvalue weighted by Crippen LogP contribution is -2.48. The number of rotatable bonds is 9. The van der Waals surface area contributed by atoms with E-state index >= 15 is 0 Å². The molecule has 132 valence electrons. The predicted molar refractivity (Wildman–Crippen MR) is 94.8 cm³/mol. The van der Waals surface area contributed by atoms with Gasteiger partial charge in [0.05, 0.1) is 0 Å². The first-order valence-electron chi connectivity index (χ1n) is 8.22. The van der Waals surface area contributed by atoms with Crippen molar-refractivity contribution in [3.05, 3.63) is 34.3 Å². The van der Waals surface area contributed by atoms with Crippen molar-refractivity contribution >= 4 is 27.8 Å². The lowest BCUT2D eigenvalue weighted by molar-refractivity contribution is -0.152. The molecule has 1 aliphatic rings. The van der Waals surface area contributed by atoms with Gasteiger partial charge in [-0.15, -0.1) is 0 Å². The molecule has 24 heavy (non-hydrogen) atoms. The Morgan fingerprint density at radius 3 is 2.67 bits per heavy atom. The number of carboxylic acid groups (broad SMARTS) is 1.